The van der Waals surface area contributed by atoms with Crippen LogP contribution < -0.4 is 0 Å². The Balaban J connectivity index is 2.19. The Hall–Kier alpha value is -2.66. The zero-order valence-corrected chi connectivity index (χ0v) is 24.7. The second-order valence-corrected chi connectivity index (χ2v) is 11.7. The summed E-state index contributed by atoms with van der Waals surface area (Å²) in [5.41, 5.74) is -2.02. The molecule has 0 bridgehead atoms. The van der Waals surface area contributed by atoms with Crippen LogP contribution >= 0.6 is 0 Å². The first kappa shape index (κ1) is 30.9. The third-order valence-corrected chi connectivity index (χ3v) is 9.23. The minimum Gasteiger partial charge on any atom is -0.468 e. The summed E-state index contributed by atoms with van der Waals surface area (Å²) in [5.74, 6) is -3.62. The molecule has 2 aliphatic carbocycles. The lowest BCUT2D eigenvalue weighted by molar-refractivity contribution is -0.170. The van der Waals surface area contributed by atoms with Gasteiger partial charge in [0.05, 0.1) is 39.6 Å². The van der Waals surface area contributed by atoms with E-state index in [1.165, 1.54) is 28.4 Å². The van der Waals surface area contributed by atoms with E-state index in [1.807, 2.05) is 47.6 Å². The number of ether oxygens (including phenoxy) is 4. The number of carbonyl (C=O) groups is 4. The van der Waals surface area contributed by atoms with Gasteiger partial charge in [-0.1, -0.05) is 29.7 Å². The highest BCUT2D eigenvalue weighted by Gasteiger charge is 2.62. The highest BCUT2D eigenvalue weighted by molar-refractivity contribution is 6.48. The van der Waals surface area contributed by atoms with Gasteiger partial charge in [0.2, 0.25) is 0 Å². The molecule has 0 amide bonds. The van der Waals surface area contributed by atoms with Crippen LogP contribution in [0.2, 0.25) is 5.82 Å². The van der Waals surface area contributed by atoms with E-state index in [-0.39, 0.29) is 31.5 Å². The molecular weight excluding hydrogens is 507 g/mol. The first-order valence-corrected chi connectivity index (χ1v) is 13.2. The summed E-state index contributed by atoms with van der Waals surface area (Å²) >= 11 is 0. The Bertz CT molecular complexity index is 1050. The standard InChI is InChI=1S/C28H41BO10/c1-11-17-12-27(21(30)34-7,22(31)35-8)14-19(17)20-15-28(23(32)36-9,24(33)37-10)13-18(20)16(2)29-38-25(3,4)26(5,6)39-29/h11,16,19H,12-15H2,1-10H3/b17-11+/t16-,19+/m1/s1. The van der Waals surface area contributed by atoms with Crippen molar-refractivity contribution in [1.29, 1.82) is 0 Å². The number of methoxy groups -OCH3 is 4. The quantitative estimate of drug-likeness (QED) is 0.153. The lowest BCUT2D eigenvalue weighted by Gasteiger charge is -2.32. The fourth-order valence-corrected chi connectivity index (χ4v) is 6.22. The molecule has 10 nitrogen and oxygen atoms in total. The largest absolute Gasteiger partial charge is 0.468 e. The number of rotatable bonds is 7. The number of carbonyl (C=O) groups excluding carboxylic acids is 4. The zero-order valence-electron chi connectivity index (χ0n) is 24.7. The van der Waals surface area contributed by atoms with E-state index in [0.29, 0.717) is 0 Å². The monoisotopic (exact) mass is 548 g/mol. The van der Waals surface area contributed by atoms with Gasteiger partial charge in [0.1, 0.15) is 0 Å². The smallest absolute Gasteiger partial charge is 0.465 e. The van der Waals surface area contributed by atoms with E-state index >= 15 is 0 Å². The molecule has 3 rings (SSSR count). The van der Waals surface area contributed by atoms with Crippen LogP contribution in [0.4, 0.5) is 0 Å². The highest BCUT2D eigenvalue weighted by Crippen LogP contribution is 2.58. The number of esters is 4. The van der Waals surface area contributed by atoms with Crippen LogP contribution in [0.5, 0.6) is 0 Å². The van der Waals surface area contributed by atoms with Gasteiger partial charge in [0, 0.05) is 11.7 Å². The fourth-order valence-electron chi connectivity index (χ4n) is 6.22. The van der Waals surface area contributed by atoms with Crippen LogP contribution in [0, 0.1) is 16.7 Å². The van der Waals surface area contributed by atoms with E-state index in [9.17, 15) is 19.2 Å². The summed E-state index contributed by atoms with van der Waals surface area (Å²) < 4.78 is 33.0. The number of hydrogen-bond donors (Lipinski definition) is 0. The number of allylic oxidation sites excluding steroid dienone is 4. The molecule has 0 radical (unpaired) electrons. The third kappa shape index (κ3) is 4.81. The van der Waals surface area contributed by atoms with Gasteiger partial charge in [-0.2, -0.15) is 0 Å². The molecule has 39 heavy (non-hydrogen) atoms. The van der Waals surface area contributed by atoms with E-state index in [0.717, 1.165) is 16.7 Å². The zero-order chi connectivity index (χ0) is 29.6. The van der Waals surface area contributed by atoms with E-state index < -0.39 is 58.9 Å². The second-order valence-electron chi connectivity index (χ2n) is 11.7. The molecule has 2 atom stereocenters. The van der Waals surface area contributed by atoms with Crippen molar-refractivity contribution in [2.45, 2.75) is 84.2 Å². The van der Waals surface area contributed by atoms with Gasteiger partial charge in [-0.05, 0) is 60.3 Å². The maximum absolute atomic E-state index is 13.2. The first-order valence-electron chi connectivity index (χ1n) is 13.2. The predicted octanol–water partition coefficient (Wildman–Crippen LogP) is 3.58. The normalized spacial score (nSPS) is 26.4. The molecular formula is C28H41BO10. The van der Waals surface area contributed by atoms with Crippen molar-refractivity contribution in [2.24, 2.45) is 16.7 Å². The maximum Gasteiger partial charge on any atom is 0.465 e. The lowest BCUT2D eigenvalue weighted by Crippen LogP contribution is -2.41. The average Bonchev–Trinajstić information content (AvgIpc) is 3.56. The van der Waals surface area contributed by atoms with Gasteiger partial charge in [0.25, 0.3) is 0 Å². The van der Waals surface area contributed by atoms with Crippen molar-refractivity contribution < 1.29 is 47.4 Å². The average molecular weight is 548 g/mol. The van der Waals surface area contributed by atoms with Crippen molar-refractivity contribution >= 4 is 31.0 Å². The van der Waals surface area contributed by atoms with Crippen LogP contribution in [-0.2, 0) is 47.4 Å². The molecule has 0 aromatic heterocycles. The van der Waals surface area contributed by atoms with Gasteiger partial charge in [-0.25, -0.2) is 0 Å². The first-order chi connectivity index (χ1) is 18.1. The Morgan fingerprint density at radius 3 is 1.64 bits per heavy atom. The molecule has 0 spiro atoms. The topological polar surface area (TPSA) is 124 Å². The molecule has 11 heteroatoms. The van der Waals surface area contributed by atoms with Gasteiger partial charge < -0.3 is 28.3 Å². The molecule has 0 N–H and O–H groups in total. The molecule has 0 aromatic rings. The molecule has 1 heterocycles. The van der Waals surface area contributed by atoms with Crippen molar-refractivity contribution in [2.75, 3.05) is 28.4 Å². The summed E-state index contributed by atoms with van der Waals surface area (Å²) in [7, 11) is 4.27. The van der Waals surface area contributed by atoms with Gasteiger partial charge in [-0.15, -0.1) is 0 Å². The minimum absolute atomic E-state index is 0.00591. The minimum atomic E-state index is -1.62. The Morgan fingerprint density at radius 1 is 0.795 bits per heavy atom. The number of hydrogen-bond acceptors (Lipinski definition) is 10. The summed E-state index contributed by atoms with van der Waals surface area (Å²) in [6, 6.07) is 0. The lowest BCUT2D eigenvalue weighted by atomic mass is 9.66. The summed E-state index contributed by atoms with van der Waals surface area (Å²) in [6.45, 7) is 11.6. The maximum atomic E-state index is 13.2. The van der Waals surface area contributed by atoms with E-state index in [1.54, 1.807) is 0 Å². The second kappa shape index (κ2) is 10.7. The Kier molecular flexibility index (Phi) is 8.49. The third-order valence-electron chi connectivity index (χ3n) is 9.23. The molecule has 2 fully saturated rings. The summed E-state index contributed by atoms with van der Waals surface area (Å²) in [5, 5.41) is 0. The van der Waals surface area contributed by atoms with Crippen molar-refractivity contribution in [3.63, 3.8) is 0 Å². The van der Waals surface area contributed by atoms with E-state index in [2.05, 4.69) is 0 Å². The SMILES string of the molecule is C/C=C1\CC(C(=O)OC)(C(=O)OC)C[C@@H]1C1=C([C@@H](C)B2OC(C)(C)C(C)(C)O2)CC(C(=O)OC)(C(=O)OC)C1. The van der Waals surface area contributed by atoms with Crippen LogP contribution in [0.1, 0.15) is 67.2 Å². The van der Waals surface area contributed by atoms with Gasteiger partial charge >= 0.3 is 31.0 Å². The van der Waals surface area contributed by atoms with Crippen LogP contribution in [0.3, 0.4) is 0 Å². The van der Waals surface area contributed by atoms with Crippen LogP contribution in [-0.4, -0.2) is 70.6 Å². The predicted molar refractivity (Wildman–Crippen MR) is 141 cm³/mol. The van der Waals surface area contributed by atoms with Crippen molar-refractivity contribution in [3.05, 3.63) is 22.8 Å². The molecule has 3 aliphatic rings. The highest BCUT2D eigenvalue weighted by atomic mass is 16.7. The van der Waals surface area contributed by atoms with Gasteiger partial charge in [0.15, 0.2) is 10.8 Å². The molecule has 1 aliphatic heterocycles. The molecule has 1 saturated heterocycles. The van der Waals surface area contributed by atoms with Crippen molar-refractivity contribution in [1.82, 2.24) is 0 Å². The molecule has 0 unspecified atom stereocenters. The molecule has 1 saturated carbocycles. The van der Waals surface area contributed by atoms with Crippen LogP contribution in [0.15, 0.2) is 22.8 Å². The Morgan fingerprint density at radius 2 is 1.23 bits per heavy atom. The summed E-state index contributed by atoms with van der Waals surface area (Å²) in [6.07, 6.45) is 2.06. The molecule has 216 valence electrons. The fraction of sp³-hybridized carbons (Fsp3) is 0.714. The van der Waals surface area contributed by atoms with Crippen molar-refractivity contribution in [3.8, 4) is 0 Å². The molecule has 0 aromatic carbocycles. The van der Waals surface area contributed by atoms with E-state index in [4.69, 9.17) is 28.3 Å². The van der Waals surface area contributed by atoms with Crippen LogP contribution in [0.25, 0.3) is 0 Å². The Labute approximate surface area is 230 Å². The summed E-state index contributed by atoms with van der Waals surface area (Å²) in [4.78, 5) is 52.4. The van der Waals surface area contributed by atoms with Gasteiger partial charge in [-0.3, -0.25) is 19.2 Å².